The largest absolute Gasteiger partial charge is 0.756 e. The third-order valence-electron chi connectivity index (χ3n) is 13.2. The number of rotatable bonds is 55. The number of phosphoric ester groups is 1. The number of quaternary nitrogens is 1. The number of allylic oxidation sites excluding steroid dienone is 15. The molecule has 0 saturated carbocycles. The molecule has 0 aromatic carbocycles. The highest BCUT2D eigenvalue weighted by molar-refractivity contribution is 7.45. The summed E-state index contributed by atoms with van der Waals surface area (Å²) in [6.45, 7) is 6.74. The van der Waals surface area contributed by atoms with Gasteiger partial charge in [0.2, 0.25) is 5.91 Å². The Morgan fingerprint density at radius 3 is 1.25 bits per heavy atom. The molecular weight excluding hydrogens is 964 g/mol. The van der Waals surface area contributed by atoms with Crippen molar-refractivity contribution in [2.75, 3.05) is 40.9 Å². The molecule has 0 aliphatic heterocycles. The van der Waals surface area contributed by atoms with Gasteiger partial charge in [-0.1, -0.05) is 234 Å². The summed E-state index contributed by atoms with van der Waals surface area (Å²) >= 11 is 0. The molecule has 3 atom stereocenters. The lowest BCUT2D eigenvalue weighted by Gasteiger charge is -2.30. The van der Waals surface area contributed by atoms with E-state index in [4.69, 9.17) is 13.8 Å². The molecule has 0 aromatic rings. The predicted molar refractivity (Wildman–Crippen MR) is 325 cm³/mol. The van der Waals surface area contributed by atoms with Crippen LogP contribution in [0.2, 0.25) is 0 Å². The van der Waals surface area contributed by atoms with Gasteiger partial charge >= 0.3 is 5.97 Å². The smallest absolute Gasteiger partial charge is 0.306 e. The Hall–Kier alpha value is -3.07. The third-order valence-corrected chi connectivity index (χ3v) is 14.2. The number of nitrogens with zero attached hydrogens (tertiary/aromatic N) is 1. The quantitative estimate of drug-likeness (QED) is 0.0212. The Bertz CT molecular complexity index is 1620. The highest BCUT2D eigenvalue weighted by Gasteiger charge is 2.27. The number of amides is 1. The van der Waals surface area contributed by atoms with Crippen LogP contribution in [0.4, 0.5) is 0 Å². The van der Waals surface area contributed by atoms with E-state index < -0.39 is 32.5 Å². The first-order valence-corrected chi connectivity index (χ1v) is 32.5. The zero-order valence-corrected chi connectivity index (χ0v) is 50.8. The summed E-state index contributed by atoms with van der Waals surface area (Å²) < 4.78 is 30.2. The molecule has 0 aliphatic rings. The standard InChI is InChI=1S/C66H117N2O7P/c1-7-10-13-16-19-22-25-28-30-32-33-34-35-37-38-40-43-46-49-52-55-58-65(69)67-63(62-74-76(71,72)73-61-60-68(4,5)6)64(57-54-51-48-45-42-27-24-21-18-15-12-9-3)75-66(70)59-56-53-50-47-44-41-39-36-31-29-26-23-20-17-14-11-8-2/h19-20,22-23,28-31,33-34,39,41,47,50,54,57,63-64H,7-18,21,24-27,32,35-38,40,42-46,48-49,51-53,55-56,58-62H2,1-6H3,(H-,67,69,71,72)/b22-19-,23-20-,30-28-,31-29-,34-33-,41-39-,50-47-,57-54-. The van der Waals surface area contributed by atoms with Gasteiger partial charge in [-0.05, 0) is 109 Å². The average Bonchev–Trinajstić information content (AvgIpc) is 3.38. The first-order valence-electron chi connectivity index (χ1n) is 31.0. The Morgan fingerprint density at radius 1 is 0.461 bits per heavy atom. The van der Waals surface area contributed by atoms with E-state index in [1.54, 1.807) is 0 Å². The van der Waals surface area contributed by atoms with Crippen molar-refractivity contribution in [3.63, 3.8) is 0 Å². The van der Waals surface area contributed by atoms with Gasteiger partial charge in [0.05, 0.1) is 33.8 Å². The summed E-state index contributed by atoms with van der Waals surface area (Å²) in [6.07, 6.45) is 73.8. The first kappa shape index (κ1) is 72.9. The number of nitrogens with one attached hydrogen (secondary N) is 1. The van der Waals surface area contributed by atoms with Crippen LogP contribution in [0.1, 0.15) is 258 Å². The Labute approximate surface area is 468 Å². The summed E-state index contributed by atoms with van der Waals surface area (Å²) in [5.41, 5.74) is 0. The first-order chi connectivity index (χ1) is 36.9. The summed E-state index contributed by atoms with van der Waals surface area (Å²) in [5, 5.41) is 3.01. The molecule has 9 nitrogen and oxygen atoms in total. The molecule has 0 saturated heterocycles. The fraction of sp³-hybridized carbons (Fsp3) is 0.727. The summed E-state index contributed by atoms with van der Waals surface area (Å²) in [5.74, 6) is -0.618. The van der Waals surface area contributed by atoms with Crippen LogP contribution < -0.4 is 10.2 Å². The number of hydrogen-bond acceptors (Lipinski definition) is 7. The van der Waals surface area contributed by atoms with E-state index in [2.05, 4.69) is 111 Å². The van der Waals surface area contributed by atoms with Crippen molar-refractivity contribution in [1.29, 1.82) is 0 Å². The minimum absolute atomic E-state index is 0.0365. The molecule has 0 aliphatic carbocycles. The van der Waals surface area contributed by atoms with Crippen molar-refractivity contribution in [1.82, 2.24) is 5.32 Å². The minimum Gasteiger partial charge on any atom is -0.756 e. The predicted octanol–water partition coefficient (Wildman–Crippen LogP) is 18.5. The summed E-state index contributed by atoms with van der Waals surface area (Å²) in [7, 11) is 1.14. The van der Waals surface area contributed by atoms with Crippen molar-refractivity contribution >= 4 is 19.7 Å². The summed E-state index contributed by atoms with van der Waals surface area (Å²) in [6, 6.07) is -0.920. The van der Waals surface area contributed by atoms with Gasteiger partial charge in [0.25, 0.3) is 7.82 Å². The van der Waals surface area contributed by atoms with Gasteiger partial charge in [-0.25, -0.2) is 0 Å². The van der Waals surface area contributed by atoms with Gasteiger partial charge in [0.1, 0.15) is 19.3 Å². The number of hydrogen-bond donors (Lipinski definition) is 1. The number of carbonyl (C=O) groups is 2. The summed E-state index contributed by atoms with van der Waals surface area (Å²) in [4.78, 5) is 40.0. The van der Waals surface area contributed by atoms with Gasteiger partial charge in [-0.15, -0.1) is 0 Å². The van der Waals surface area contributed by atoms with E-state index in [9.17, 15) is 19.0 Å². The van der Waals surface area contributed by atoms with Crippen LogP contribution in [0.15, 0.2) is 97.2 Å². The van der Waals surface area contributed by atoms with E-state index in [0.29, 0.717) is 23.9 Å². The van der Waals surface area contributed by atoms with E-state index >= 15 is 0 Å². The molecule has 3 unspecified atom stereocenters. The number of unbranched alkanes of at least 4 members (excludes halogenated alkanes) is 25. The zero-order valence-electron chi connectivity index (χ0n) is 49.9. The Balaban J connectivity index is 5.35. The maximum Gasteiger partial charge on any atom is 0.306 e. The lowest BCUT2D eigenvalue weighted by Crippen LogP contribution is -2.47. The monoisotopic (exact) mass is 1080 g/mol. The SMILES string of the molecule is CCCCC/C=C\C/C=C\C/C=C\C/C=C\CCCC(=O)OC(/C=C\CCCCCCCCCCCC)C(COP(=O)([O-])OCC[N+](C)(C)C)NC(=O)CCCCCCCCCC/C=C\C/C=C\C/C=C\CCCCC. The van der Waals surface area contributed by atoms with Gasteiger partial charge in [0.15, 0.2) is 0 Å². The van der Waals surface area contributed by atoms with E-state index in [1.165, 1.54) is 128 Å². The molecule has 0 radical (unpaired) electrons. The normalized spacial score (nSPS) is 14.4. The maximum atomic E-state index is 13.5. The van der Waals surface area contributed by atoms with Crippen molar-refractivity contribution in [3.05, 3.63) is 97.2 Å². The number of esters is 1. The molecule has 0 rings (SSSR count). The van der Waals surface area contributed by atoms with Crippen LogP contribution in [-0.2, 0) is 27.9 Å². The molecule has 0 spiro atoms. The van der Waals surface area contributed by atoms with Gasteiger partial charge in [-0.2, -0.15) is 0 Å². The van der Waals surface area contributed by atoms with E-state index in [1.807, 2.05) is 33.3 Å². The lowest BCUT2D eigenvalue weighted by atomic mass is 10.0. The number of phosphoric acid groups is 1. The molecule has 0 heterocycles. The second kappa shape index (κ2) is 55.3. The minimum atomic E-state index is -4.72. The number of ether oxygens (including phenoxy) is 1. The van der Waals surface area contributed by atoms with Gasteiger partial charge in [-0.3, -0.25) is 14.2 Å². The van der Waals surface area contributed by atoms with Crippen molar-refractivity contribution in [2.24, 2.45) is 0 Å². The molecule has 76 heavy (non-hydrogen) atoms. The molecule has 0 bridgehead atoms. The van der Waals surface area contributed by atoms with Crippen LogP contribution in [0.5, 0.6) is 0 Å². The van der Waals surface area contributed by atoms with Crippen molar-refractivity contribution in [2.45, 2.75) is 270 Å². The average molecular weight is 1080 g/mol. The Kier molecular flexibility index (Phi) is 53.0. The topological polar surface area (TPSA) is 114 Å². The molecular formula is C66H117N2O7P. The lowest BCUT2D eigenvalue weighted by molar-refractivity contribution is -0.870. The second-order valence-electron chi connectivity index (χ2n) is 21.8. The van der Waals surface area contributed by atoms with Crippen LogP contribution in [0.3, 0.4) is 0 Å². The second-order valence-corrected chi connectivity index (χ2v) is 23.3. The third kappa shape index (κ3) is 55.7. The molecule has 0 fully saturated rings. The van der Waals surface area contributed by atoms with Crippen LogP contribution in [-0.4, -0.2) is 69.4 Å². The highest BCUT2D eigenvalue weighted by Crippen LogP contribution is 2.38. The van der Waals surface area contributed by atoms with Crippen LogP contribution in [0, 0.1) is 0 Å². The van der Waals surface area contributed by atoms with Crippen LogP contribution >= 0.6 is 7.82 Å². The fourth-order valence-corrected chi connectivity index (χ4v) is 9.13. The highest BCUT2D eigenvalue weighted by atomic mass is 31.2. The molecule has 438 valence electrons. The maximum absolute atomic E-state index is 13.5. The zero-order chi connectivity index (χ0) is 55.7. The Morgan fingerprint density at radius 2 is 0.816 bits per heavy atom. The van der Waals surface area contributed by atoms with Crippen molar-refractivity contribution in [3.8, 4) is 0 Å². The van der Waals surface area contributed by atoms with Gasteiger partial charge < -0.3 is 28.5 Å². The molecule has 10 heteroatoms. The molecule has 0 aromatic heterocycles. The van der Waals surface area contributed by atoms with Crippen LogP contribution in [0.25, 0.3) is 0 Å². The molecule has 1 amide bonds. The van der Waals surface area contributed by atoms with Gasteiger partial charge in [0, 0.05) is 12.8 Å². The molecule has 1 N–H and O–H groups in total. The fourth-order valence-electron chi connectivity index (χ4n) is 8.40. The number of carbonyl (C=O) groups excluding carboxylic acids is 2. The van der Waals surface area contributed by atoms with E-state index in [0.717, 1.165) is 89.9 Å². The van der Waals surface area contributed by atoms with Crippen molar-refractivity contribution < 1.29 is 37.3 Å². The number of likely N-dealkylation sites (N-methyl/N-ethyl adjacent to an activating group) is 1. The van der Waals surface area contributed by atoms with E-state index in [-0.39, 0.29) is 18.9 Å².